The summed E-state index contributed by atoms with van der Waals surface area (Å²) in [6.07, 6.45) is 0.927. The minimum absolute atomic E-state index is 0. The molecule has 0 spiro atoms. The predicted molar refractivity (Wildman–Crippen MR) is 24.1 cm³/mol. The first kappa shape index (κ1) is 15.8. The molecule has 0 bridgehead atoms. The first-order valence-electron chi connectivity index (χ1n) is 1.76. The van der Waals surface area contributed by atoms with Gasteiger partial charge in [0.2, 0.25) is 0 Å². The second-order valence-electron chi connectivity index (χ2n) is 0.893. The molecule has 0 aromatic rings. The van der Waals surface area contributed by atoms with Crippen molar-refractivity contribution in [1.82, 2.24) is 0 Å². The third-order valence-electron chi connectivity index (χ3n) is 0.382. The van der Waals surface area contributed by atoms with Gasteiger partial charge in [0, 0.05) is 49.7 Å². The van der Waals surface area contributed by atoms with Crippen molar-refractivity contribution < 1.29 is 49.7 Å². The molecule has 41 valence electrons. The number of hydrogen-bond donors (Lipinski definition) is 0. The topological polar surface area (TPSA) is 14.1 Å². The van der Waals surface area contributed by atoms with Gasteiger partial charge in [-0.25, -0.2) is 6.42 Å². The van der Waals surface area contributed by atoms with Crippen LogP contribution in [0.4, 0.5) is 0 Å². The Kier molecular flexibility index (Phi) is 35.4. The molecule has 0 atom stereocenters. The summed E-state index contributed by atoms with van der Waals surface area (Å²) in [6.45, 7) is 4.48. The number of nitrogens with zero attached hydrogens (tertiary/aromatic N) is 1. The molecule has 1 radical (unpaired) electrons. The van der Waals surface area contributed by atoms with E-state index < -0.39 is 0 Å². The van der Waals surface area contributed by atoms with Gasteiger partial charge in [-0.15, -0.1) is 0 Å². The molecule has 0 heterocycles. The molecule has 0 fully saturated rings. The van der Waals surface area contributed by atoms with Crippen molar-refractivity contribution in [1.29, 1.82) is 0 Å². The van der Waals surface area contributed by atoms with Crippen LogP contribution >= 0.6 is 0 Å². The second-order valence-corrected chi connectivity index (χ2v) is 0.893. The zero-order chi connectivity index (χ0) is 4.12. The maximum atomic E-state index is 3.79. The Hall–Kier alpha value is 1.60. The van der Waals surface area contributed by atoms with E-state index in [1.165, 1.54) is 0 Å². The largest absolute Gasteiger partial charge is 0.667 e. The van der Waals surface area contributed by atoms with Gasteiger partial charge in [-0.3, -0.25) is 0 Å². The quantitative estimate of drug-likeness (QED) is 0.658. The molecule has 1 nitrogen and oxygen atoms in total. The number of rotatable bonds is 2. The summed E-state index contributed by atoms with van der Waals surface area (Å²) in [6, 6.07) is 0. The first-order valence-corrected chi connectivity index (χ1v) is 1.76. The van der Waals surface area contributed by atoms with Crippen LogP contribution in [0.5, 0.6) is 0 Å². The van der Waals surface area contributed by atoms with E-state index in [1.54, 1.807) is 7.05 Å². The van der Waals surface area contributed by atoms with Gasteiger partial charge in [-0.1, -0.05) is 0 Å². The Morgan fingerprint density at radius 2 is 2.00 bits per heavy atom. The minimum Gasteiger partial charge on any atom is -0.667 e. The maximum absolute atomic E-state index is 3.79. The van der Waals surface area contributed by atoms with Crippen molar-refractivity contribution in [3.05, 3.63) is 12.2 Å². The summed E-state index contributed by atoms with van der Waals surface area (Å²) in [7, 11) is 1.80. The van der Waals surface area contributed by atoms with Gasteiger partial charge in [0.05, 0.1) is 0 Å². The monoisotopic (exact) mass is 360 g/mol. The van der Waals surface area contributed by atoms with Crippen molar-refractivity contribution >= 4 is 0 Å². The normalized spacial score (nSPS) is 6.00. The van der Waals surface area contributed by atoms with E-state index in [4.69, 9.17) is 0 Å². The minimum atomic E-state index is 0. The van der Waals surface area contributed by atoms with E-state index in [2.05, 4.69) is 12.2 Å². The van der Waals surface area contributed by atoms with E-state index in [0.717, 1.165) is 13.0 Å². The third-order valence-corrected chi connectivity index (χ3v) is 0.382. The van der Waals surface area contributed by atoms with Gasteiger partial charge in [0.15, 0.2) is 0 Å². The van der Waals surface area contributed by atoms with Crippen LogP contribution in [0.2, 0.25) is 0 Å². The molecular formula is C4H9NUV-2. The maximum Gasteiger partial charge on any atom is 0 e. The van der Waals surface area contributed by atoms with Crippen molar-refractivity contribution in [3.63, 3.8) is 0 Å². The molecule has 0 saturated heterocycles. The Balaban J connectivity index is -0.0000000800. The standard InChI is InChI=1S/C4H9N.U.V/c1-3-4-5-2;;/h1,3-4H2,2H3;;/q-2;;. The van der Waals surface area contributed by atoms with Crippen molar-refractivity contribution in [2.45, 2.75) is 6.42 Å². The van der Waals surface area contributed by atoms with Crippen LogP contribution in [0.1, 0.15) is 6.42 Å². The zero-order valence-electron chi connectivity index (χ0n) is 4.52. The fourth-order valence-electron chi connectivity index (χ4n) is 0.158. The van der Waals surface area contributed by atoms with Gasteiger partial charge < -0.3 is 12.2 Å². The molecule has 7 heavy (non-hydrogen) atoms. The summed E-state index contributed by atoms with van der Waals surface area (Å²) in [5.41, 5.74) is 0. The van der Waals surface area contributed by atoms with Gasteiger partial charge >= 0.3 is 0 Å². The van der Waals surface area contributed by atoms with Gasteiger partial charge in [0.1, 0.15) is 0 Å². The van der Waals surface area contributed by atoms with Crippen LogP contribution in [-0.2, 0) is 18.6 Å². The third kappa shape index (κ3) is 18.4. The Morgan fingerprint density at radius 3 is 2.00 bits per heavy atom. The molecule has 0 saturated carbocycles. The van der Waals surface area contributed by atoms with E-state index in [9.17, 15) is 0 Å². The average molecular weight is 360 g/mol. The summed E-state index contributed by atoms with van der Waals surface area (Å²) in [4.78, 5) is 0. The van der Waals surface area contributed by atoms with Crippen LogP contribution in [-0.4, -0.2) is 13.6 Å². The Bertz CT molecular complexity index is 19.2. The van der Waals surface area contributed by atoms with Gasteiger partial charge in [0.25, 0.3) is 0 Å². The molecule has 0 aromatic carbocycles. The summed E-state index contributed by atoms with van der Waals surface area (Å²) >= 11 is 0. The van der Waals surface area contributed by atoms with E-state index in [-0.39, 0.29) is 49.7 Å². The molecule has 0 rings (SSSR count). The molecule has 0 N–H and O–H groups in total. The molecule has 0 aliphatic carbocycles. The van der Waals surface area contributed by atoms with Crippen LogP contribution < -0.4 is 0 Å². The molecule has 0 amide bonds. The van der Waals surface area contributed by atoms with Crippen molar-refractivity contribution in [2.75, 3.05) is 13.6 Å². The predicted octanol–water partition coefficient (Wildman–Crippen LogP) is 1.21. The number of hydrogen-bond acceptors (Lipinski definition) is 0. The summed E-state index contributed by atoms with van der Waals surface area (Å²) in [5, 5.41) is 3.79. The van der Waals surface area contributed by atoms with Crippen molar-refractivity contribution in [2.24, 2.45) is 0 Å². The molecule has 0 aliphatic rings. The molecular weight excluding hydrogens is 351 g/mol. The Morgan fingerprint density at radius 1 is 1.57 bits per heavy atom. The van der Waals surface area contributed by atoms with Gasteiger partial charge in [-0.05, 0) is 0 Å². The van der Waals surface area contributed by atoms with Crippen LogP contribution in [0.3, 0.4) is 0 Å². The summed E-state index contributed by atoms with van der Waals surface area (Å²) in [5.74, 6) is 0. The molecule has 0 aromatic heterocycles. The fourth-order valence-corrected chi connectivity index (χ4v) is 0.158. The van der Waals surface area contributed by atoms with E-state index in [0.29, 0.717) is 0 Å². The molecule has 0 aliphatic heterocycles. The SMILES string of the molecule is [CH2-]CC[N-]C.[U].[V]. The fraction of sp³-hybridized carbons (Fsp3) is 0.750. The smallest absolute Gasteiger partial charge is 0 e. The van der Waals surface area contributed by atoms with Crippen LogP contribution in [0, 0.1) is 38.0 Å². The summed E-state index contributed by atoms with van der Waals surface area (Å²) < 4.78 is 0. The van der Waals surface area contributed by atoms with E-state index in [1.807, 2.05) is 0 Å². The van der Waals surface area contributed by atoms with Gasteiger partial charge in [-0.2, -0.15) is 13.6 Å². The Labute approximate surface area is 81.3 Å². The van der Waals surface area contributed by atoms with Crippen LogP contribution in [0.15, 0.2) is 0 Å². The second kappa shape index (κ2) is 15.6. The molecule has 3 heteroatoms. The first-order chi connectivity index (χ1) is 2.41. The average Bonchev–Trinajstić information content (AvgIpc) is 1.41. The van der Waals surface area contributed by atoms with Crippen molar-refractivity contribution in [3.8, 4) is 0 Å². The van der Waals surface area contributed by atoms with Crippen LogP contribution in [0.25, 0.3) is 5.32 Å². The molecule has 0 unspecified atom stereocenters. The van der Waals surface area contributed by atoms with E-state index >= 15 is 0 Å². The zero-order valence-corrected chi connectivity index (χ0v) is 10.1.